The highest BCUT2D eigenvalue weighted by Crippen LogP contribution is 2.16. The molecule has 0 saturated carbocycles. The Labute approximate surface area is 108 Å². The molecule has 1 saturated heterocycles. The Morgan fingerprint density at radius 3 is 2.89 bits per heavy atom. The molecule has 1 aromatic heterocycles. The van der Waals surface area contributed by atoms with Gasteiger partial charge in [-0.05, 0) is 27.7 Å². The number of morpholine rings is 1. The maximum Gasteiger partial charge on any atom is 0.216 e. The summed E-state index contributed by atoms with van der Waals surface area (Å²) in [5, 5.41) is 3.35. The van der Waals surface area contributed by atoms with Crippen LogP contribution in [0.3, 0.4) is 0 Å². The molecule has 18 heavy (non-hydrogen) atoms. The summed E-state index contributed by atoms with van der Waals surface area (Å²) in [6, 6.07) is 1.84. The molecular formula is C13H21N3O2. The van der Waals surface area contributed by atoms with Crippen molar-refractivity contribution in [3.63, 3.8) is 0 Å². The Bertz CT molecular complexity index is 400. The van der Waals surface area contributed by atoms with Gasteiger partial charge in [0.05, 0.1) is 5.60 Å². The van der Waals surface area contributed by atoms with Gasteiger partial charge >= 0.3 is 0 Å². The molecule has 2 heterocycles. The van der Waals surface area contributed by atoms with Gasteiger partial charge in [0.1, 0.15) is 18.5 Å². The van der Waals surface area contributed by atoms with Gasteiger partial charge in [-0.1, -0.05) is 0 Å². The zero-order valence-corrected chi connectivity index (χ0v) is 11.5. The van der Waals surface area contributed by atoms with Crippen LogP contribution in [0.15, 0.2) is 6.07 Å². The second-order valence-electron chi connectivity index (χ2n) is 5.34. The number of nitrogens with zero attached hydrogens (tertiary/aromatic N) is 2. The van der Waals surface area contributed by atoms with Gasteiger partial charge in [-0.25, -0.2) is 4.98 Å². The average Bonchev–Trinajstić information content (AvgIpc) is 2.24. The van der Waals surface area contributed by atoms with Gasteiger partial charge in [0.15, 0.2) is 0 Å². The first-order valence-corrected chi connectivity index (χ1v) is 6.28. The van der Waals surface area contributed by atoms with E-state index in [1.165, 1.54) is 0 Å². The first-order valence-electron chi connectivity index (χ1n) is 6.28. The van der Waals surface area contributed by atoms with Crippen molar-refractivity contribution in [2.45, 2.75) is 39.4 Å². The molecule has 100 valence electrons. The van der Waals surface area contributed by atoms with Crippen molar-refractivity contribution >= 4 is 0 Å². The highest BCUT2D eigenvalue weighted by atomic mass is 16.6. The van der Waals surface area contributed by atoms with E-state index in [2.05, 4.69) is 29.1 Å². The molecule has 2 rings (SSSR count). The molecule has 1 atom stereocenters. The maximum absolute atomic E-state index is 5.93. The van der Waals surface area contributed by atoms with E-state index in [0.717, 1.165) is 24.6 Å². The number of hydrogen-bond donors (Lipinski definition) is 1. The molecule has 1 fully saturated rings. The minimum Gasteiger partial charge on any atom is -0.475 e. The van der Waals surface area contributed by atoms with Crippen molar-refractivity contribution in [3.05, 3.63) is 17.6 Å². The quantitative estimate of drug-likeness (QED) is 0.876. The van der Waals surface area contributed by atoms with E-state index in [1.807, 2.05) is 19.9 Å². The summed E-state index contributed by atoms with van der Waals surface area (Å²) >= 11 is 0. The fourth-order valence-electron chi connectivity index (χ4n) is 2.10. The van der Waals surface area contributed by atoms with Gasteiger partial charge in [-0.15, -0.1) is 0 Å². The number of hydrogen-bond acceptors (Lipinski definition) is 5. The molecule has 0 spiro atoms. The zero-order chi connectivity index (χ0) is 13.2. The molecule has 0 amide bonds. The SMILES string of the molecule is Cc1cc(OCC2CNCC(C)(C)O2)nc(C)n1. The van der Waals surface area contributed by atoms with Gasteiger partial charge in [0.25, 0.3) is 0 Å². The molecular weight excluding hydrogens is 230 g/mol. The molecule has 1 unspecified atom stereocenters. The van der Waals surface area contributed by atoms with Gasteiger partial charge in [-0.3, -0.25) is 0 Å². The predicted octanol–water partition coefficient (Wildman–Crippen LogP) is 1.24. The molecule has 0 bridgehead atoms. The Morgan fingerprint density at radius 2 is 2.22 bits per heavy atom. The van der Waals surface area contributed by atoms with Gasteiger partial charge in [-0.2, -0.15) is 4.98 Å². The first-order chi connectivity index (χ1) is 8.44. The summed E-state index contributed by atoms with van der Waals surface area (Å²) in [5.41, 5.74) is 0.782. The van der Waals surface area contributed by atoms with E-state index in [-0.39, 0.29) is 11.7 Å². The topological polar surface area (TPSA) is 56.3 Å². The first kappa shape index (κ1) is 13.2. The van der Waals surface area contributed by atoms with Gasteiger partial charge < -0.3 is 14.8 Å². The predicted molar refractivity (Wildman–Crippen MR) is 68.8 cm³/mol. The van der Waals surface area contributed by atoms with Gasteiger partial charge in [0, 0.05) is 24.8 Å². The third-order valence-corrected chi connectivity index (χ3v) is 2.77. The molecule has 5 heteroatoms. The number of rotatable bonds is 3. The van der Waals surface area contributed by atoms with Crippen molar-refractivity contribution in [1.29, 1.82) is 0 Å². The lowest BCUT2D eigenvalue weighted by molar-refractivity contribution is -0.107. The monoisotopic (exact) mass is 251 g/mol. The standard InChI is InChI=1S/C13H21N3O2/c1-9-5-12(16-10(2)15-9)17-7-11-6-14-8-13(3,4)18-11/h5,11,14H,6-8H2,1-4H3. The summed E-state index contributed by atoms with van der Waals surface area (Å²) in [6.45, 7) is 10.1. The Kier molecular flexibility index (Phi) is 3.82. The highest BCUT2D eigenvalue weighted by molar-refractivity contribution is 5.14. The van der Waals surface area contributed by atoms with Crippen LogP contribution < -0.4 is 10.1 Å². The highest BCUT2D eigenvalue weighted by Gasteiger charge is 2.28. The van der Waals surface area contributed by atoms with Crippen LogP contribution >= 0.6 is 0 Å². The maximum atomic E-state index is 5.93. The summed E-state index contributed by atoms with van der Waals surface area (Å²) in [4.78, 5) is 8.46. The number of aryl methyl sites for hydroxylation is 2. The van der Waals surface area contributed by atoms with E-state index in [9.17, 15) is 0 Å². The van der Waals surface area contributed by atoms with Crippen LogP contribution in [0.5, 0.6) is 5.88 Å². The van der Waals surface area contributed by atoms with Crippen LogP contribution in [0, 0.1) is 13.8 Å². The van der Waals surface area contributed by atoms with Crippen molar-refractivity contribution in [2.24, 2.45) is 0 Å². The molecule has 5 nitrogen and oxygen atoms in total. The van der Waals surface area contributed by atoms with E-state index in [4.69, 9.17) is 9.47 Å². The zero-order valence-electron chi connectivity index (χ0n) is 11.5. The molecule has 0 aromatic carbocycles. The van der Waals surface area contributed by atoms with Crippen LogP contribution in [-0.4, -0.2) is 41.4 Å². The molecule has 1 aliphatic rings. The van der Waals surface area contributed by atoms with Crippen molar-refractivity contribution in [3.8, 4) is 5.88 Å². The van der Waals surface area contributed by atoms with E-state index in [1.54, 1.807) is 0 Å². The van der Waals surface area contributed by atoms with E-state index in [0.29, 0.717) is 12.5 Å². The second kappa shape index (κ2) is 5.20. The Balaban J connectivity index is 1.91. The lowest BCUT2D eigenvalue weighted by Gasteiger charge is -2.36. The number of nitrogens with one attached hydrogen (secondary N) is 1. The van der Waals surface area contributed by atoms with Crippen molar-refractivity contribution in [2.75, 3.05) is 19.7 Å². The third-order valence-electron chi connectivity index (χ3n) is 2.77. The Hall–Kier alpha value is -1.20. The third kappa shape index (κ3) is 3.65. The molecule has 1 aromatic rings. The molecule has 0 aliphatic carbocycles. The van der Waals surface area contributed by atoms with E-state index >= 15 is 0 Å². The van der Waals surface area contributed by atoms with Gasteiger partial charge in [0.2, 0.25) is 5.88 Å². The average molecular weight is 251 g/mol. The summed E-state index contributed by atoms with van der Waals surface area (Å²) in [7, 11) is 0. The largest absolute Gasteiger partial charge is 0.475 e. The van der Waals surface area contributed by atoms with Crippen molar-refractivity contribution < 1.29 is 9.47 Å². The molecule has 1 N–H and O–H groups in total. The van der Waals surface area contributed by atoms with Crippen LogP contribution in [-0.2, 0) is 4.74 Å². The normalized spacial score (nSPS) is 22.8. The fraction of sp³-hybridized carbons (Fsp3) is 0.692. The molecule has 1 aliphatic heterocycles. The lowest BCUT2D eigenvalue weighted by atomic mass is 10.1. The lowest BCUT2D eigenvalue weighted by Crippen LogP contribution is -2.52. The summed E-state index contributed by atoms with van der Waals surface area (Å²) in [6.07, 6.45) is 0.0596. The van der Waals surface area contributed by atoms with Crippen LogP contribution in [0.4, 0.5) is 0 Å². The minimum atomic E-state index is -0.135. The smallest absolute Gasteiger partial charge is 0.216 e. The molecule has 0 radical (unpaired) electrons. The summed E-state index contributed by atoms with van der Waals surface area (Å²) in [5.74, 6) is 1.35. The number of aromatic nitrogens is 2. The van der Waals surface area contributed by atoms with Crippen LogP contribution in [0.25, 0.3) is 0 Å². The van der Waals surface area contributed by atoms with E-state index < -0.39 is 0 Å². The second-order valence-corrected chi connectivity index (χ2v) is 5.34. The fourth-order valence-corrected chi connectivity index (χ4v) is 2.10. The summed E-state index contributed by atoms with van der Waals surface area (Å²) < 4.78 is 11.6. The van der Waals surface area contributed by atoms with Crippen LogP contribution in [0.2, 0.25) is 0 Å². The minimum absolute atomic E-state index is 0.0596. The Morgan fingerprint density at radius 1 is 1.44 bits per heavy atom. The van der Waals surface area contributed by atoms with Crippen LogP contribution in [0.1, 0.15) is 25.4 Å². The van der Waals surface area contributed by atoms with Crippen molar-refractivity contribution in [1.82, 2.24) is 15.3 Å². The number of ether oxygens (including phenoxy) is 2.